The van der Waals surface area contributed by atoms with Crippen molar-refractivity contribution >= 4 is 11.9 Å². The quantitative estimate of drug-likeness (QED) is 0.789. The highest BCUT2D eigenvalue weighted by Gasteiger charge is 2.42. The number of carbonyl (C=O) groups excluding carboxylic acids is 2. The predicted molar refractivity (Wildman–Crippen MR) is 106 cm³/mol. The molecule has 6 nitrogen and oxygen atoms in total. The molecule has 0 aromatic heterocycles. The first kappa shape index (κ1) is 18.8. The summed E-state index contributed by atoms with van der Waals surface area (Å²) in [6.07, 6.45) is 0. The van der Waals surface area contributed by atoms with E-state index in [1.807, 2.05) is 54.6 Å². The second kappa shape index (κ2) is 7.83. The molecule has 2 aromatic carbocycles. The van der Waals surface area contributed by atoms with Crippen LogP contribution >= 0.6 is 0 Å². The van der Waals surface area contributed by atoms with Crippen LogP contribution in [0.5, 0.6) is 5.75 Å². The van der Waals surface area contributed by atoms with E-state index in [9.17, 15) is 9.59 Å². The third kappa shape index (κ3) is 3.49. The largest absolute Gasteiger partial charge is 0.489 e. The van der Waals surface area contributed by atoms with Gasteiger partial charge in [-0.15, -0.1) is 0 Å². The van der Waals surface area contributed by atoms with Crippen molar-refractivity contribution in [1.29, 1.82) is 0 Å². The van der Waals surface area contributed by atoms with Gasteiger partial charge in [0.15, 0.2) is 0 Å². The molecule has 0 amide bonds. The molecule has 1 N–H and O–H groups in total. The van der Waals surface area contributed by atoms with Crippen LogP contribution in [0.1, 0.15) is 24.0 Å². The highest BCUT2D eigenvalue weighted by atomic mass is 16.5. The molecule has 1 unspecified atom stereocenters. The molecule has 0 bridgehead atoms. The summed E-state index contributed by atoms with van der Waals surface area (Å²) in [4.78, 5) is 25.1. The third-order valence-electron chi connectivity index (χ3n) is 5.08. The highest BCUT2D eigenvalue weighted by molar-refractivity contribution is 6.01. The number of methoxy groups -OCH3 is 1. The molecule has 6 heteroatoms. The van der Waals surface area contributed by atoms with Gasteiger partial charge in [0.2, 0.25) is 0 Å². The Kier molecular flexibility index (Phi) is 5.08. The van der Waals surface area contributed by atoms with E-state index in [0.29, 0.717) is 34.9 Å². The molecule has 0 aliphatic carbocycles. The Balaban J connectivity index is 1.77. The summed E-state index contributed by atoms with van der Waals surface area (Å²) >= 11 is 0. The maximum atomic E-state index is 12.6. The maximum Gasteiger partial charge on any atom is 0.337 e. The lowest BCUT2D eigenvalue weighted by Crippen LogP contribution is -2.30. The number of hydrogen-bond acceptors (Lipinski definition) is 6. The zero-order chi connectivity index (χ0) is 20.4. The van der Waals surface area contributed by atoms with Gasteiger partial charge >= 0.3 is 11.9 Å². The molecule has 0 spiro atoms. The summed E-state index contributed by atoms with van der Waals surface area (Å²) < 4.78 is 16.3. The lowest BCUT2D eigenvalue weighted by atomic mass is 9.80. The smallest absolute Gasteiger partial charge is 0.337 e. The van der Waals surface area contributed by atoms with Crippen molar-refractivity contribution in [1.82, 2.24) is 5.32 Å². The van der Waals surface area contributed by atoms with Crippen LogP contribution in [0.25, 0.3) is 0 Å². The van der Waals surface area contributed by atoms with Gasteiger partial charge in [-0.2, -0.15) is 0 Å². The van der Waals surface area contributed by atoms with Crippen LogP contribution in [0.2, 0.25) is 0 Å². The molecule has 148 valence electrons. The number of allylic oxidation sites excluding steroid dienone is 1. The Morgan fingerprint density at radius 2 is 1.86 bits per heavy atom. The van der Waals surface area contributed by atoms with E-state index in [4.69, 9.17) is 14.2 Å². The predicted octanol–water partition coefficient (Wildman–Crippen LogP) is 3.21. The average molecular weight is 391 g/mol. The summed E-state index contributed by atoms with van der Waals surface area (Å²) in [5, 5.41) is 3.12. The second-order valence-corrected chi connectivity index (χ2v) is 6.87. The molecule has 0 saturated heterocycles. The zero-order valence-electron chi connectivity index (χ0n) is 16.2. The van der Waals surface area contributed by atoms with Gasteiger partial charge in [-0.25, -0.2) is 9.59 Å². The summed E-state index contributed by atoms with van der Waals surface area (Å²) in [5.41, 5.74) is 3.84. The van der Waals surface area contributed by atoms with E-state index in [0.717, 1.165) is 11.1 Å². The van der Waals surface area contributed by atoms with E-state index < -0.39 is 17.9 Å². The van der Waals surface area contributed by atoms with Gasteiger partial charge in [0, 0.05) is 11.3 Å². The average Bonchev–Trinajstić information content (AvgIpc) is 3.12. The maximum absolute atomic E-state index is 12.6. The molecule has 0 radical (unpaired) electrons. The molecule has 1 atom stereocenters. The molecular weight excluding hydrogens is 370 g/mol. The van der Waals surface area contributed by atoms with Gasteiger partial charge < -0.3 is 19.5 Å². The summed E-state index contributed by atoms with van der Waals surface area (Å²) in [6.45, 7) is 2.32. The van der Waals surface area contributed by atoms with Crippen LogP contribution in [0.15, 0.2) is 77.1 Å². The Bertz CT molecular complexity index is 1020. The van der Waals surface area contributed by atoms with Crippen LogP contribution in [-0.4, -0.2) is 25.7 Å². The molecule has 29 heavy (non-hydrogen) atoms. The van der Waals surface area contributed by atoms with Gasteiger partial charge in [0.25, 0.3) is 0 Å². The summed E-state index contributed by atoms with van der Waals surface area (Å²) in [7, 11) is 1.33. The van der Waals surface area contributed by atoms with Gasteiger partial charge in [-0.3, -0.25) is 0 Å². The SMILES string of the molecule is COC(=O)C1=C(C)NC2=C(C(=O)OC2)C1c1ccccc1OCc1ccccc1. The number of benzene rings is 2. The number of carbonyl (C=O) groups is 2. The Morgan fingerprint density at radius 1 is 1.14 bits per heavy atom. The molecule has 2 heterocycles. The van der Waals surface area contributed by atoms with Crippen molar-refractivity contribution in [3.05, 3.63) is 88.3 Å². The molecule has 0 saturated carbocycles. The first-order valence-corrected chi connectivity index (χ1v) is 9.32. The molecule has 2 aromatic rings. The number of dihydropyridines is 1. The minimum atomic E-state index is -0.624. The molecule has 0 fully saturated rings. The highest BCUT2D eigenvalue weighted by Crippen LogP contribution is 2.44. The first-order valence-electron chi connectivity index (χ1n) is 9.32. The van der Waals surface area contributed by atoms with Crippen LogP contribution in [-0.2, 0) is 25.7 Å². The van der Waals surface area contributed by atoms with Crippen LogP contribution < -0.4 is 10.1 Å². The van der Waals surface area contributed by atoms with Crippen molar-refractivity contribution in [3.63, 3.8) is 0 Å². The van der Waals surface area contributed by atoms with E-state index in [-0.39, 0.29) is 6.61 Å². The topological polar surface area (TPSA) is 73.9 Å². The van der Waals surface area contributed by atoms with Crippen LogP contribution in [0.3, 0.4) is 0 Å². The van der Waals surface area contributed by atoms with Gasteiger partial charge in [0.1, 0.15) is 19.0 Å². The van der Waals surface area contributed by atoms with Crippen molar-refractivity contribution in [3.8, 4) is 5.75 Å². The number of rotatable bonds is 5. The van der Waals surface area contributed by atoms with Gasteiger partial charge in [-0.1, -0.05) is 48.5 Å². The third-order valence-corrected chi connectivity index (χ3v) is 5.08. The minimum absolute atomic E-state index is 0.156. The van der Waals surface area contributed by atoms with Crippen molar-refractivity contribution in [2.45, 2.75) is 19.4 Å². The van der Waals surface area contributed by atoms with Crippen LogP contribution in [0, 0.1) is 0 Å². The fourth-order valence-corrected chi connectivity index (χ4v) is 3.74. The number of cyclic esters (lactones) is 1. The Hall–Kier alpha value is -3.54. The van der Waals surface area contributed by atoms with Crippen molar-refractivity contribution in [2.24, 2.45) is 0 Å². The fraction of sp³-hybridized carbons (Fsp3) is 0.217. The van der Waals surface area contributed by atoms with Crippen LogP contribution in [0.4, 0.5) is 0 Å². The van der Waals surface area contributed by atoms with Crippen molar-refractivity contribution in [2.75, 3.05) is 13.7 Å². The molecule has 2 aliphatic heterocycles. The van der Waals surface area contributed by atoms with E-state index in [1.54, 1.807) is 6.92 Å². The van der Waals surface area contributed by atoms with Gasteiger partial charge in [-0.05, 0) is 18.6 Å². The zero-order valence-corrected chi connectivity index (χ0v) is 16.2. The Labute approximate surface area is 168 Å². The summed E-state index contributed by atoms with van der Waals surface area (Å²) in [6, 6.07) is 17.2. The number of nitrogens with one attached hydrogen (secondary N) is 1. The number of esters is 2. The molecule has 2 aliphatic rings. The van der Waals surface area contributed by atoms with E-state index in [2.05, 4.69) is 5.32 Å². The molecular formula is C23H21NO5. The summed E-state index contributed by atoms with van der Waals surface area (Å²) in [5.74, 6) is -0.960. The fourth-order valence-electron chi connectivity index (χ4n) is 3.74. The normalized spacial score (nSPS) is 18.1. The lowest BCUT2D eigenvalue weighted by Gasteiger charge is -2.28. The minimum Gasteiger partial charge on any atom is -0.489 e. The first-order chi connectivity index (χ1) is 14.1. The van der Waals surface area contributed by atoms with Crippen molar-refractivity contribution < 1.29 is 23.8 Å². The standard InChI is InChI=1S/C23H21NO5/c1-14-19(22(25)27-2)20(21-17(24-14)13-29-23(21)26)16-10-6-7-11-18(16)28-12-15-8-4-3-5-9-15/h3-11,20,24H,12-13H2,1-2H3. The number of para-hydroxylation sites is 1. The monoisotopic (exact) mass is 391 g/mol. The second-order valence-electron chi connectivity index (χ2n) is 6.87. The lowest BCUT2D eigenvalue weighted by molar-refractivity contribution is -0.136. The van der Waals surface area contributed by atoms with E-state index in [1.165, 1.54) is 7.11 Å². The van der Waals surface area contributed by atoms with E-state index >= 15 is 0 Å². The Morgan fingerprint density at radius 3 is 2.62 bits per heavy atom. The number of ether oxygens (including phenoxy) is 3. The molecule has 4 rings (SSSR count). The van der Waals surface area contributed by atoms with Gasteiger partial charge in [0.05, 0.1) is 29.9 Å². The number of hydrogen-bond donors (Lipinski definition) is 1.